The van der Waals surface area contributed by atoms with E-state index in [1.165, 1.54) is 36.3 Å². The number of benzene rings is 3. The van der Waals surface area contributed by atoms with Crippen LogP contribution in [-0.2, 0) is 22.1 Å². The fourth-order valence-electron chi connectivity index (χ4n) is 5.27. The number of ether oxygens (including phenoxy) is 3. The largest absolute Gasteiger partial charge is 0.493 e. The molecule has 0 bridgehead atoms. The summed E-state index contributed by atoms with van der Waals surface area (Å²) in [5, 5.41) is 2.77. The minimum Gasteiger partial charge on any atom is -0.493 e. The molecule has 4 rings (SSSR count). The molecule has 0 atom stereocenters. The summed E-state index contributed by atoms with van der Waals surface area (Å²) < 4.78 is 55.7. The molecule has 0 spiro atoms. The van der Waals surface area contributed by atoms with Crippen LogP contribution in [0, 0.1) is 13.8 Å². The third-order valence-corrected chi connectivity index (χ3v) is 7.83. The number of aryl methyl sites for hydroxylation is 3. The Labute approximate surface area is 299 Å². The Balaban J connectivity index is 1.49. The summed E-state index contributed by atoms with van der Waals surface area (Å²) in [5.74, 6) is -1.64. The highest BCUT2D eigenvalue weighted by molar-refractivity contribution is 6.11. The maximum absolute atomic E-state index is 13.6. The highest BCUT2D eigenvalue weighted by Crippen LogP contribution is 2.34. The van der Waals surface area contributed by atoms with Gasteiger partial charge in [0.15, 0.2) is 11.5 Å². The van der Waals surface area contributed by atoms with Gasteiger partial charge in [-0.1, -0.05) is 18.2 Å². The zero-order valence-corrected chi connectivity index (χ0v) is 29.9. The van der Waals surface area contributed by atoms with Crippen molar-refractivity contribution in [3.63, 3.8) is 0 Å². The lowest BCUT2D eigenvalue weighted by molar-refractivity contribution is -0.137. The number of nitrogens with one attached hydrogen (secondary N) is 1. The Morgan fingerprint density at radius 3 is 2.21 bits per heavy atom. The van der Waals surface area contributed by atoms with Gasteiger partial charge in [-0.3, -0.25) is 19.4 Å². The van der Waals surface area contributed by atoms with Crippen LogP contribution in [-0.4, -0.2) is 60.9 Å². The molecular formula is C39H40F3N3O7. The average molecular weight is 720 g/mol. The number of carbonyl (C=O) groups is 4. The van der Waals surface area contributed by atoms with Crippen LogP contribution in [0.25, 0.3) is 11.3 Å². The molecule has 0 saturated carbocycles. The molecule has 0 saturated heterocycles. The molecule has 52 heavy (non-hydrogen) atoms. The van der Waals surface area contributed by atoms with Crippen LogP contribution in [0.2, 0.25) is 0 Å². The van der Waals surface area contributed by atoms with Gasteiger partial charge < -0.3 is 24.4 Å². The monoisotopic (exact) mass is 719 g/mol. The van der Waals surface area contributed by atoms with Gasteiger partial charge in [-0.05, 0) is 100 Å². The van der Waals surface area contributed by atoms with Gasteiger partial charge in [0.1, 0.15) is 0 Å². The zero-order valence-electron chi connectivity index (χ0n) is 29.9. The number of carbonyl (C=O) groups excluding carboxylic acids is 4. The van der Waals surface area contributed by atoms with E-state index < -0.39 is 29.6 Å². The number of halogens is 3. The van der Waals surface area contributed by atoms with Crippen LogP contribution < -0.4 is 14.8 Å². The first kappa shape index (κ1) is 39.1. The van der Waals surface area contributed by atoms with E-state index in [1.54, 1.807) is 72.1 Å². The molecule has 2 amide bonds. The van der Waals surface area contributed by atoms with Gasteiger partial charge in [0.25, 0.3) is 11.8 Å². The first-order valence-corrected chi connectivity index (χ1v) is 16.4. The second kappa shape index (κ2) is 16.5. The van der Waals surface area contributed by atoms with Crippen molar-refractivity contribution < 1.29 is 46.6 Å². The van der Waals surface area contributed by atoms with Gasteiger partial charge in [-0.15, -0.1) is 0 Å². The highest BCUT2D eigenvalue weighted by atomic mass is 19.4. The summed E-state index contributed by atoms with van der Waals surface area (Å²) in [6.07, 6.45) is -4.03. The third kappa shape index (κ3) is 9.74. The molecule has 3 aromatic carbocycles. The van der Waals surface area contributed by atoms with Gasteiger partial charge >= 0.3 is 18.1 Å². The molecule has 274 valence electrons. The first-order valence-electron chi connectivity index (χ1n) is 16.4. The van der Waals surface area contributed by atoms with Crippen molar-refractivity contribution in [2.24, 2.45) is 0 Å². The molecule has 4 aromatic rings. The fourth-order valence-corrected chi connectivity index (χ4v) is 5.27. The van der Waals surface area contributed by atoms with E-state index in [1.807, 2.05) is 0 Å². The van der Waals surface area contributed by atoms with E-state index in [2.05, 4.69) is 10.3 Å². The summed E-state index contributed by atoms with van der Waals surface area (Å²) >= 11 is 0. The lowest BCUT2D eigenvalue weighted by Gasteiger charge is -2.17. The van der Waals surface area contributed by atoms with Crippen LogP contribution in [0.15, 0.2) is 66.7 Å². The topological polar surface area (TPSA) is 124 Å². The van der Waals surface area contributed by atoms with Crippen molar-refractivity contribution in [3.8, 4) is 22.8 Å². The molecule has 0 aliphatic carbocycles. The molecular weight excluding hydrogens is 679 g/mol. The van der Waals surface area contributed by atoms with Gasteiger partial charge in [0.05, 0.1) is 46.8 Å². The Hall–Kier alpha value is -5.72. The number of methoxy groups -OCH3 is 1. The smallest absolute Gasteiger partial charge is 0.416 e. The summed E-state index contributed by atoms with van der Waals surface area (Å²) in [7, 11) is 4.54. The molecule has 1 heterocycles. The van der Waals surface area contributed by atoms with Crippen molar-refractivity contribution in [3.05, 3.63) is 106 Å². The SMILES string of the molecule is COc1cc(C(=O)OC(C)C)cc(C)c1OC(=O)CCCc1ccc(NC(=O)c2ccc(C)nc2-c2ccc(C(F)(F)F)cc2)c(C(=O)N(C)C)c1. The Bertz CT molecular complexity index is 1970. The number of aromatic nitrogens is 1. The lowest BCUT2D eigenvalue weighted by atomic mass is 10.0. The number of amides is 2. The van der Waals surface area contributed by atoms with Gasteiger partial charge in [-0.25, -0.2) is 4.79 Å². The fraction of sp³-hybridized carbons (Fsp3) is 0.308. The molecule has 0 aliphatic heterocycles. The third-order valence-electron chi connectivity index (χ3n) is 7.83. The second-order valence-corrected chi connectivity index (χ2v) is 12.6. The zero-order chi connectivity index (χ0) is 38.3. The predicted octanol–water partition coefficient (Wildman–Crippen LogP) is 7.84. The summed E-state index contributed by atoms with van der Waals surface area (Å²) in [4.78, 5) is 57.8. The molecule has 0 aliphatic rings. The molecule has 0 radical (unpaired) electrons. The number of nitrogens with zero attached hydrogens (tertiary/aromatic N) is 2. The van der Waals surface area contributed by atoms with Crippen molar-refractivity contribution in [1.82, 2.24) is 9.88 Å². The van der Waals surface area contributed by atoms with E-state index in [0.717, 1.165) is 17.7 Å². The summed E-state index contributed by atoms with van der Waals surface area (Å²) in [5.41, 5.74) is 2.25. The van der Waals surface area contributed by atoms with Crippen LogP contribution in [0.5, 0.6) is 11.5 Å². The number of hydrogen-bond donors (Lipinski definition) is 1. The van der Waals surface area contributed by atoms with Crippen LogP contribution in [0.3, 0.4) is 0 Å². The van der Waals surface area contributed by atoms with Gasteiger partial charge in [-0.2, -0.15) is 13.2 Å². The molecule has 13 heteroatoms. The number of pyridine rings is 1. The maximum atomic E-state index is 13.6. The maximum Gasteiger partial charge on any atom is 0.416 e. The normalized spacial score (nSPS) is 11.2. The summed E-state index contributed by atoms with van der Waals surface area (Å²) in [6.45, 7) is 6.86. The molecule has 0 unspecified atom stereocenters. The van der Waals surface area contributed by atoms with Crippen LogP contribution >= 0.6 is 0 Å². The Kier molecular flexibility index (Phi) is 12.4. The van der Waals surface area contributed by atoms with Crippen molar-refractivity contribution >= 4 is 29.4 Å². The first-order chi connectivity index (χ1) is 24.5. The van der Waals surface area contributed by atoms with Crippen molar-refractivity contribution in [1.29, 1.82) is 0 Å². The number of hydrogen-bond acceptors (Lipinski definition) is 8. The predicted molar refractivity (Wildman–Crippen MR) is 189 cm³/mol. The minimum atomic E-state index is -4.52. The average Bonchev–Trinajstić information content (AvgIpc) is 3.08. The molecule has 0 fully saturated rings. The van der Waals surface area contributed by atoms with Crippen LogP contribution in [0.4, 0.5) is 18.9 Å². The van der Waals surface area contributed by atoms with Gasteiger partial charge in [0.2, 0.25) is 0 Å². The minimum absolute atomic E-state index is 0.0301. The number of anilines is 1. The number of alkyl halides is 3. The van der Waals surface area contributed by atoms with E-state index in [0.29, 0.717) is 29.7 Å². The van der Waals surface area contributed by atoms with Gasteiger partial charge in [0, 0.05) is 31.8 Å². The number of rotatable bonds is 12. The van der Waals surface area contributed by atoms with E-state index in [-0.39, 0.29) is 58.0 Å². The highest BCUT2D eigenvalue weighted by Gasteiger charge is 2.30. The summed E-state index contributed by atoms with van der Waals surface area (Å²) in [6, 6.07) is 15.5. The standard InChI is InChI=1S/C39H40F3N3O7/c1-22(2)51-38(49)27-19-23(3)35(32(21-27)50-7)52-33(46)10-8-9-25-12-18-31(30(20-25)37(48)45(5)6)44-36(47)29-17-11-24(4)43-34(29)26-13-15-28(16-14-26)39(40,41)42/h11-22H,8-10H2,1-7H3,(H,44,47). The Morgan fingerprint density at radius 1 is 0.904 bits per heavy atom. The Morgan fingerprint density at radius 2 is 1.60 bits per heavy atom. The van der Waals surface area contributed by atoms with E-state index in [4.69, 9.17) is 14.2 Å². The number of esters is 2. The van der Waals surface area contributed by atoms with E-state index in [9.17, 15) is 32.3 Å². The van der Waals surface area contributed by atoms with E-state index >= 15 is 0 Å². The quantitative estimate of drug-likeness (QED) is 0.116. The molecule has 10 nitrogen and oxygen atoms in total. The molecule has 1 aromatic heterocycles. The molecule has 1 N–H and O–H groups in total. The van der Waals surface area contributed by atoms with Crippen molar-refractivity contribution in [2.75, 3.05) is 26.5 Å². The second-order valence-electron chi connectivity index (χ2n) is 12.6. The van der Waals surface area contributed by atoms with Crippen LogP contribution in [0.1, 0.15) is 80.1 Å². The lowest BCUT2D eigenvalue weighted by Crippen LogP contribution is -2.24. The van der Waals surface area contributed by atoms with Crippen molar-refractivity contribution in [2.45, 2.75) is 59.2 Å².